The molecule has 0 aliphatic rings. The molecular weight excluding hydrogens is 288 g/mol. The van der Waals surface area contributed by atoms with Gasteiger partial charge in [-0.25, -0.2) is 0 Å². The number of anilines is 1. The monoisotopic (exact) mass is 300 g/mol. The summed E-state index contributed by atoms with van der Waals surface area (Å²) in [4.78, 5) is 5.39. The number of thioether (sulfide) groups is 1. The Morgan fingerprint density at radius 1 is 1.05 bits per heavy atom. The molecule has 3 rings (SSSR count). The van der Waals surface area contributed by atoms with E-state index in [4.69, 9.17) is 17.3 Å². The second-order valence-electron chi connectivity index (χ2n) is 4.44. The highest BCUT2D eigenvalue weighted by molar-refractivity contribution is 7.98. The highest BCUT2D eigenvalue weighted by Gasteiger charge is 2.07. The number of halogens is 1. The Morgan fingerprint density at radius 2 is 1.85 bits per heavy atom. The average molecular weight is 301 g/mol. The summed E-state index contributed by atoms with van der Waals surface area (Å²) in [5.74, 6) is 0.794. The fourth-order valence-electron chi connectivity index (χ4n) is 2.11. The molecule has 2 nitrogen and oxygen atoms in total. The molecule has 20 heavy (non-hydrogen) atoms. The lowest BCUT2D eigenvalue weighted by Gasteiger charge is -2.09. The Labute approximate surface area is 127 Å². The Morgan fingerprint density at radius 3 is 2.70 bits per heavy atom. The van der Waals surface area contributed by atoms with Gasteiger partial charge in [0.15, 0.2) is 0 Å². The SMILES string of the molecule is Nc1cccc(Cl)c1SCc1cccc2cccnc12. The van der Waals surface area contributed by atoms with Gasteiger partial charge in [0.05, 0.1) is 10.5 Å². The number of nitrogen functional groups attached to an aromatic ring is 1. The molecule has 0 bridgehead atoms. The van der Waals surface area contributed by atoms with Crippen LogP contribution >= 0.6 is 23.4 Å². The number of nitrogens with zero attached hydrogens (tertiary/aromatic N) is 1. The molecule has 3 aromatic rings. The number of rotatable bonds is 3. The summed E-state index contributed by atoms with van der Waals surface area (Å²) < 4.78 is 0. The second-order valence-corrected chi connectivity index (χ2v) is 5.83. The van der Waals surface area contributed by atoms with Crippen LogP contribution in [0.3, 0.4) is 0 Å². The quantitative estimate of drug-likeness (QED) is 0.560. The molecule has 2 N–H and O–H groups in total. The van der Waals surface area contributed by atoms with Gasteiger partial charge < -0.3 is 5.73 Å². The predicted molar refractivity (Wildman–Crippen MR) is 87.2 cm³/mol. The molecule has 0 aliphatic heterocycles. The van der Waals surface area contributed by atoms with Crippen LogP contribution in [-0.4, -0.2) is 4.98 Å². The molecule has 1 aromatic heterocycles. The Hall–Kier alpha value is -1.71. The maximum absolute atomic E-state index is 6.20. The van der Waals surface area contributed by atoms with Gasteiger partial charge in [-0.1, -0.05) is 41.9 Å². The molecule has 0 saturated heterocycles. The summed E-state index contributed by atoms with van der Waals surface area (Å²) in [7, 11) is 0. The van der Waals surface area contributed by atoms with Crippen molar-refractivity contribution in [2.75, 3.05) is 5.73 Å². The normalized spacial score (nSPS) is 10.8. The molecule has 0 amide bonds. The van der Waals surface area contributed by atoms with Crippen molar-refractivity contribution in [1.29, 1.82) is 0 Å². The van der Waals surface area contributed by atoms with Crippen LogP contribution in [0.25, 0.3) is 10.9 Å². The first-order valence-corrected chi connectivity index (χ1v) is 7.61. The lowest BCUT2D eigenvalue weighted by atomic mass is 10.1. The largest absolute Gasteiger partial charge is 0.398 e. The molecule has 1 heterocycles. The van der Waals surface area contributed by atoms with Crippen LogP contribution < -0.4 is 5.73 Å². The number of pyridine rings is 1. The standard InChI is InChI=1S/C16H13ClN2S/c17-13-7-2-8-14(18)16(13)20-10-12-5-1-4-11-6-3-9-19-15(11)12/h1-9H,10,18H2. The Kier molecular flexibility index (Phi) is 3.81. The van der Waals surface area contributed by atoms with E-state index < -0.39 is 0 Å². The Bertz CT molecular complexity index is 733. The van der Waals surface area contributed by atoms with E-state index in [-0.39, 0.29) is 0 Å². The maximum Gasteiger partial charge on any atom is 0.0742 e. The van der Waals surface area contributed by atoms with Crippen LogP contribution in [0.2, 0.25) is 5.02 Å². The van der Waals surface area contributed by atoms with Crippen molar-refractivity contribution in [3.05, 3.63) is 65.3 Å². The number of benzene rings is 2. The molecule has 0 unspecified atom stereocenters. The molecule has 0 saturated carbocycles. The van der Waals surface area contributed by atoms with E-state index >= 15 is 0 Å². The van der Waals surface area contributed by atoms with Crippen molar-refractivity contribution in [2.24, 2.45) is 0 Å². The highest BCUT2D eigenvalue weighted by atomic mass is 35.5. The van der Waals surface area contributed by atoms with Crippen molar-refractivity contribution in [2.45, 2.75) is 10.6 Å². The van der Waals surface area contributed by atoms with Crippen molar-refractivity contribution in [3.63, 3.8) is 0 Å². The van der Waals surface area contributed by atoms with E-state index in [1.165, 1.54) is 5.56 Å². The number of para-hydroxylation sites is 1. The summed E-state index contributed by atoms with van der Waals surface area (Å²) in [6.45, 7) is 0. The molecule has 4 heteroatoms. The van der Waals surface area contributed by atoms with Gasteiger partial charge >= 0.3 is 0 Å². The third kappa shape index (κ3) is 2.60. The third-order valence-electron chi connectivity index (χ3n) is 3.09. The molecule has 100 valence electrons. The van der Waals surface area contributed by atoms with Crippen LogP contribution in [0.4, 0.5) is 5.69 Å². The maximum atomic E-state index is 6.20. The number of fused-ring (bicyclic) bond motifs is 1. The summed E-state index contributed by atoms with van der Waals surface area (Å²) in [6, 6.07) is 15.8. The number of aromatic nitrogens is 1. The van der Waals surface area contributed by atoms with E-state index in [9.17, 15) is 0 Å². The van der Waals surface area contributed by atoms with Crippen molar-refractivity contribution >= 4 is 40.0 Å². The lowest BCUT2D eigenvalue weighted by molar-refractivity contribution is 1.34. The van der Waals surface area contributed by atoms with Gasteiger partial charge in [-0.05, 0) is 23.8 Å². The van der Waals surface area contributed by atoms with Crippen molar-refractivity contribution < 1.29 is 0 Å². The number of hydrogen-bond acceptors (Lipinski definition) is 3. The minimum atomic E-state index is 0.697. The van der Waals surface area contributed by atoms with Crippen molar-refractivity contribution in [3.8, 4) is 0 Å². The molecule has 0 fully saturated rings. The lowest BCUT2D eigenvalue weighted by Crippen LogP contribution is -1.91. The first-order valence-electron chi connectivity index (χ1n) is 6.25. The molecular formula is C16H13ClN2S. The van der Waals surface area contributed by atoms with Gasteiger partial charge in [0.25, 0.3) is 0 Å². The zero-order valence-corrected chi connectivity index (χ0v) is 12.3. The van der Waals surface area contributed by atoms with Crippen LogP contribution in [-0.2, 0) is 5.75 Å². The fraction of sp³-hybridized carbons (Fsp3) is 0.0625. The molecule has 0 atom stereocenters. The van der Waals surface area contributed by atoms with Gasteiger partial charge in [0.1, 0.15) is 0 Å². The van der Waals surface area contributed by atoms with Crippen molar-refractivity contribution in [1.82, 2.24) is 4.98 Å². The van der Waals surface area contributed by atoms with Gasteiger partial charge in [0, 0.05) is 27.9 Å². The minimum absolute atomic E-state index is 0.697. The predicted octanol–water partition coefficient (Wildman–Crippen LogP) is 4.76. The molecule has 2 aromatic carbocycles. The zero-order chi connectivity index (χ0) is 13.9. The molecule has 0 spiro atoms. The first kappa shape index (κ1) is 13.3. The molecule has 0 aliphatic carbocycles. The zero-order valence-electron chi connectivity index (χ0n) is 10.7. The highest BCUT2D eigenvalue weighted by Crippen LogP contribution is 2.35. The number of hydrogen-bond donors (Lipinski definition) is 1. The third-order valence-corrected chi connectivity index (χ3v) is 4.71. The Balaban J connectivity index is 1.91. The summed E-state index contributed by atoms with van der Waals surface area (Å²) in [5.41, 5.74) is 8.92. The van der Waals surface area contributed by atoms with Crippen LogP contribution in [0, 0.1) is 0 Å². The van der Waals surface area contributed by atoms with E-state index in [1.54, 1.807) is 11.8 Å². The van der Waals surface area contributed by atoms with Crippen LogP contribution in [0.1, 0.15) is 5.56 Å². The van der Waals surface area contributed by atoms with Crippen LogP contribution in [0.5, 0.6) is 0 Å². The second kappa shape index (κ2) is 5.73. The van der Waals surface area contributed by atoms with E-state index in [1.807, 2.05) is 30.5 Å². The fourth-order valence-corrected chi connectivity index (χ4v) is 3.43. The first-order chi connectivity index (χ1) is 9.75. The van der Waals surface area contributed by atoms with Gasteiger partial charge in [0.2, 0.25) is 0 Å². The van der Waals surface area contributed by atoms with Crippen LogP contribution in [0.15, 0.2) is 59.6 Å². The topological polar surface area (TPSA) is 38.9 Å². The summed E-state index contributed by atoms with van der Waals surface area (Å²) >= 11 is 7.84. The minimum Gasteiger partial charge on any atom is -0.398 e. The van der Waals surface area contributed by atoms with E-state index in [2.05, 4.69) is 29.2 Å². The van der Waals surface area contributed by atoms with Gasteiger partial charge in [-0.2, -0.15) is 0 Å². The van der Waals surface area contributed by atoms with Gasteiger partial charge in [-0.3, -0.25) is 4.98 Å². The van der Waals surface area contributed by atoms with Gasteiger partial charge in [-0.15, -0.1) is 11.8 Å². The molecule has 0 radical (unpaired) electrons. The smallest absolute Gasteiger partial charge is 0.0742 e. The van der Waals surface area contributed by atoms with E-state index in [0.717, 1.165) is 27.2 Å². The average Bonchev–Trinajstić information content (AvgIpc) is 2.47. The van der Waals surface area contributed by atoms with E-state index in [0.29, 0.717) is 5.02 Å². The summed E-state index contributed by atoms with van der Waals surface area (Å²) in [6.07, 6.45) is 1.82. The summed E-state index contributed by atoms with van der Waals surface area (Å²) in [5, 5.41) is 1.85. The number of nitrogens with two attached hydrogens (primary N) is 1.